The Kier molecular flexibility index (Phi) is 5.05. The largest absolute Gasteiger partial charge is 0.386 e. The Morgan fingerprint density at radius 1 is 1.20 bits per heavy atom. The van der Waals surface area contributed by atoms with Crippen LogP contribution in [0.2, 0.25) is 5.02 Å². The van der Waals surface area contributed by atoms with E-state index in [1.165, 1.54) is 31.0 Å². The van der Waals surface area contributed by atoms with Crippen LogP contribution in [0, 0.1) is 5.82 Å². The first kappa shape index (κ1) is 15.7. The van der Waals surface area contributed by atoms with Crippen LogP contribution >= 0.6 is 11.6 Å². The van der Waals surface area contributed by atoms with Gasteiger partial charge in [0.2, 0.25) is 0 Å². The van der Waals surface area contributed by atoms with E-state index in [4.69, 9.17) is 11.6 Å². The highest BCUT2D eigenvalue weighted by atomic mass is 35.5. The van der Waals surface area contributed by atoms with E-state index in [9.17, 15) is 9.50 Å². The summed E-state index contributed by atoms with van der Waals surface area (Å²) in [5.74, 6) is -0.356. The van der Waals surface area contributed by atoms with Gasteiger partial charge in [0.05, 0.1) is 11.6 Å². The molecule has 1 saturated carbocycles. The van der Waals surface area contributed by atoms with Crippen LogP contribution in [0.25, 0.3) is 0 Å². The Hall–Kier alpha value is -0.640. The second-order valence-corrected chi connectivity index (χ2v) is 6.39. The lowest BCUT2D eigenvalue weighted by atomic mass is 9.80. The molecule has 1 aromatic rings. The Morgan fingerprint density at radius 2 is 1.80 bits per heavy atom. The van der Waals surface area contributed by atoms with Crippen molar-refractivity contribution in [3.63, 3.8) is 0 Å². The topological polar surface area (TPSA) is 23.5 Å². The van der Waals surface area contributed by atoms with Gasteiger partial charge in [-0.3, -0.25) is 0 Å². The van der Waals surface area contributed by atoms with Crippen LogP contribution in [0.1, 0.15) is 50.2 Å². The fourth-order valence-electron chi connectivity index (χ4n) is 3.32. The van der Waals surface area contributed by atoms with Crippen LogP contribution in [-0.2, 0) is 0 Å². The van der Waals surface area contributed by atoms with Crippen molar-refractivity contribution >= 4 is 11.6 Å². The smallest absolute Gasteiger partial charge is 0.123 e. The Balaban J connectivity index is 2.40. The first-order chi connectivity index (χ1) is 9.47. The summed E-state index contributed by atoms with van der Waals surface area (Å²) in [5, 5.41) is 11.3. The van der Waals surface area contributed by atoms with Gasteiger partial charge < -0.3 is 10.0 Å². The number of halogens is 2. The van der Waals surface area contributed by atoms with E-state index in [1.807, 2.05) is 14.1 Å². The maximum atomic E-state index is 13.5. The molecule has 1 aromatic carbocycles. The van der Waals surface area contributed by atoms with E-state index >= 15 is 0 Å². The summed E-state index contributed by atoms with van der Waals surface area (Å²) in [6.07, 6.45) is 5.61. The average molecular weight is 300 g/mol. The molecule has 0 bridgehead atoms. The van der Waals surface area contributed by atoms with Crippen molar-refractivity contribution in [1.29, 1.82) is 0 Å². The molecule has 2 nitrogen and oxygen atoms in total. The number of nitrogens with zero attached hydrogens (tertiary/aromatic N) is 1. The molecular weight excluding hydrogens is 277 g/mol. The van der Waals surface area contributed by atoms with Gasteiger partial charge in [-0.2, -0.15) is 0 Å². The molecule has 4 heteroatoms. The Labute approximate surface area is 125 Å². The summed E-state index contributed by atoms with van der Waals surface area (Å²) in [6.45, 7) is 0. The van der Waals surface area contributed by atoms with Gasteiger partial charge in [-0.15, -0.1) is 0 Å². The average Bonchev–Trinajstić information content (AvgIpc) is 2.67. The predicted octanol–water partition coefficient (Wildman–Crippen LogP) is 4.17. The molecule has 1 unspecified atom stereocenters. The van der Waals surface area contributed by atoms with Gasteiger partial charge in [0.1, 0.15) is 5.82 Å². The number of hydrogen-bond donors (Lipinski definition) is 1. The van der Waals surface area contributed by atoms with E-state index in [0.29, 0.717) is 10.6 Å². The van der Waals surface area contributed by atoms with Crippen LogP contribution in [0.15, 0.2) is 18.2 Å². The molecule has 1 fully saturated rings. The van der Waals surface area contributed by atoms with Crippen molar-refractivity contribution in [2.45, 2.75) is 50.2 Å². The maximum absolute atomic E-state index is 13.5. The number of likely N-dealkylation sites (N-methyl/N-ethyl adjacent to an activating group) is 1. The SMILES string of the molecule is CN(C)C1(C(O)c2cc(F)ccc2Cl)CCCCCC1. The van der Waals surface area contributed by atoms with Crippen molar-refractivity contribution in [2.24, 2.45) is 0 Å². The standard InChI is InChI=1S/C16H23ClFNO/c1-19(2)16(9-5-3-4-6-10-16)15(20)13-11-12(18)7-8-14(13)17/h7-8,11,15,20H,3-6,9-10H2,1-2H3. The van der Waals surface area contributed by atoms with Crippen LogP contribution in [0.5, 0.6) is 0 Å². The molecule has 1 atom stereocenters. The van der Waals surface area contributed by atoms with Gasteiger partial charge >= 0.3 is 0 Å². The summed E-state index contributed by atoms with van der Waals surface area (Å²) < 4.78 is 13.5. The number of benzene rings is 1. The predicted molar refractivity (Wildman–Crippen MR) is 80.5 cm³/mol. The third kappa shape index (κ3) is 3.00. The van der Waals surface area contributed by atoms with E-state index in [1.54, 1.807) is 0 Å². The van der Waals surface area contributed by atoms with Gasteiger partial charge in [0, 0.05) is 10.6 Å². The van der Waals surface area contributed by atoms with Crippen molar-refractivity contribution in [2.75, 3.05) is 14.1 Å². The molecule has 2 rings (SSSR count). The monoisotopic (exact) mass is 299 g/mol. The second kappa shape index (κ2) is 6.42. The van der Waals surface area contributed by atoms with Crippen LogP contribution < -0.4 is 0 Å². The van der Waals surface area contributed by atoms with Gasteiger partial charge in [0.15, 0.2) is 0 Å². The third-order valence-corrected chi connectivity index (χ3v) is 4.97. The Morgan fingerprint density at radius 3 is 2.35 bits per heavy atom. The first-order valence-electron chi connectivity index (χ1n) is 7.28. The molecule has 20 heavy (non-hydrogen) atoms. The molecule has 1 aliphatic carbocycles. The van der Waals surface area contributed by atoms with Crippen molar-refractivity contribution < 1.29 is 9.50 Å². The fourth-order valence-corrected chi connectivity index (χ4v) is 3.54. The summed E-state index contributed by atoms with van der Waals surface area (Å²) in [5.41, 5.74) is 0.149. The highest BCUT2D eigenvalue weighted by Crippen LogP contribution is 2.42. The summed E-state index contributed by atoms with van der Waals surface area (Å²) >= 11 is 6.17. The van der Waals surface area contributed by atoms with Gasteiger partial charge in [-0.1, -0.05) is 37.3 Å². The van der Waals surface area contributed by atoms with Gasteiger partial charge in [-0.25, -0.2) is 4.39 Å². The highest BCUT2D eigenvalue weighted by molar-refractivity contribution is 6.31. The van der Waals surface area contributed by atoms with E-state index < -0.39 is 6.10 Å². The lowest BCUT2D eigenvalue weighted by Gasteiger charge is -2.43. The molecule has 0 saturated heterocycles. The molecule has 0 aromatic heterocycles. The molecule has 0 radical (unpaired) electrons. The first-order valence-corrected chi connectivity index (χ1v) is 7.65. The molecule has 1 N–H and O–H groups in total. The molecule has 1 aliphatic rings. The third-order valence-electron chi connectivity index (χ3n) is 4.62. The summed E-state index contributed by atoms with van der Waals surface area (Å²) in [7, 11) is 3.98. The van der Waals surface area contributed by atoms with Crippen LogP contribution in [0.4, 0.5) is 4.39 Å². The van der Waals surface area contributed by atoms with Crippen molar-refractivity contribution in [1.82, 2.24) is 4.90 Å². The van der Waals surface area contributed by atoms with Crippen LogP contribution in [-0.4, -0.2) is 29.6 Å². The quantitative estimate of drug-likeness (QED) is 0.847. The van der Waals surface area contributed by atoms with Gasteiger partial charge in [-0.05, 0) is 45.1 Å². The minimum Gasteiger partial charge on any atom is -0.386 e. The minimum atomic E-state index is -0.765. The number of aliphatic hydroxyl groups excluding tert-OH is 1. The minimum absolute atomic E-state index is 0.353. The zero-order valence-corrected chi connectivity index (χ0v) is 13.0. The number of aliphatic hydroxyl groups is 1. The highest BCUT2D eigenvalue weighted by Gasteiger charge is 2.41. The van der Waals surface area contributed by atoms with E-state index in [0.717, 1.165) is 25.7 Å². The van der Waals surface area contributed by atoms with E-state index in [2.05, 4.69) is 4.90 Å². The molecular formula is C16H23ClFNO. The van der Waals surface area contributed by atoms with Crippen molar-refractivity contribution in [3.8, 4) is 0 Å². The number of rotatable bonds is 3. The number of hydrogen-bond acceptors (Lipinski definition) is 2. The zero-order valence-electron chi connectivity index (χ0n) is 12.2. The second-order valence-electron chi connectivity index (χ2n) is 5.98. The van der Waals surface area contributed by atoms with E-state index in [-0.39, 0.29) is 11.4 Å². The molecule has 0 heterocycles. The summed E-state index contributed by atoms with van der Waals surface area (Å²) in [4.78, 5) is 2.09. The van der Waals surface area contributed by atoms with Gasteiger partial charge in [0.25, 0.3) is 0 Å². The molecule has 0 aliphatic heterocycles. The van der Waals surface area contributed by atoms with Crippen LogP contribution in [0.3, 0.4) is 0 Å². The van der Waals surface area contributed by atoms with Crippen molar-refractivity contribution in [3.05, 3.63) is 34.6 Å². The molecule has 0 amide bonds. The zero-order chi connectivity index (χ0) is 14.8. The lowest BCUT2D eigenvalue weighted by molar-refractivity contribution is -0.0199. The lowest BCUT2D eigenvalue weighted by Crippen LogP contribution is -2.49. The maximum Gasteiger partial charge on any atom is 0.123 e. The fraction of sp³-hybridized carbons (Fsp3) is 0.625. The Bertz CT molecular complexity index is 456. The summed E-state index contributed by atoms with van der Waals surface area (Å²) in [6, 6.07) is 4.21. The molecule has 0 spiro atoms. The molecule has 112 valence electrons. The normalized spacial score (nSPS) is 20.7.